The number of nitrogens with one attached hydrogen (secondary N) is 2. The first kappa shape index (κ1) is 19.0. The number of aromatic amines is 2. The number of fused-ring (bicyclic) bond motifs is 10. The topological polar surface area (TPSA) is 31.6 Å². The fourth-order valence-corrected chi connectivity index (χ4v) is 5.18. The van der Waals surface area contributed by atoms with Gasteiger partial charge in [-0.05, 0) is 22.9 Å². The van der Waals surface area contributed by atoms with E-state index in [9.17, 15) is 0 Å². The fraction of sp³-hybridized carbons (Fsp3) is 0. The van der Waals surface area contributed by atoms with Crippen LogP contribution < -0.4 is 0 Å². The van der Waals surface area contributed by atoms with E-state index >= 15 is 0 Å². The third-order valence-electron chi connectivity index (χ3n) is 6.81. The van der Waals surface area contributed by atoms with Crippen molar-refractivity contribution in [3.8, 4) is 0 Å². The maximum atomic E-state index is 3.52. The first-order valence-corrected chi connectivity index (χ1v) is 11.6. The van der Waals surface area contributed by atoms with E-state index in [-0.39, 0.29) is 0 Å². The molecule has 0 aliphatic carbocycles. The quantitative estimate of drug-likeness (QED) is 0.239. The monoisotopic (exact) mass is 434 g/mol. The van der Waals surface area contributed by atoms with Crippen molar-refractivity contribution in [2.24, 2.45) is 0 Å². The molecule has 0 aliphatic heterocycles. The number of aromatic nitrogens is 2. The number of H-pyrrole nitrogens is 2. The lowest BCUT2D eigenvalue weighted by atomic mass is 10.1. The third kappa shape index (κ3) is 2.89. The zero-order chi connectivity index (χ0) is 22.5. The number of hydrogen-bond acceptors (Lipinski definition) is 0. The van der Waals surface area contributed by atoms with Crippen LogP contribution >= 0.6 is 0 Å². The molecule has 2 aromatic heterocycles. The molecule has 2 heteroatoms. The second-order valence-electron chi connectivity index (χ2n) is 8.76. The van der Waals surface area contributed by atoms with Gasteiger partial charge in [0.2, 0.25) is 0 Å². The molecule has 0 saturated heterocycles. The zero-order valence-corrected chi connectivity index (χ0v) is 18.5. The van der Waals surface area contributed by atoms with Gasteiger partial charge in [0.15, 0.2) is 0 Å². The molecule has 2 N–H and O–H groups in total. The van der Waals surface area contributed by atoms with Crippen molar-refractivity contribution in [1.82, 2.24) is 9.97 Å². The van der Waals surface area contributed by atoms with Crippen molar-refractivity contribution in [2.45, 2.75) is 0 Å². The van der Waals surface area contributed by atoms with Crippen molar-refractivity contribution < 1.29 is 0 Å². The van der Waals surface area contributed by atoms with Gasteiger partial charge in [0.25, 0.3) is 0 Å². The zero-order valence-electron chi connectivity index (χ0n) is 18.5. The van der Waals surface area contributed by atoms with Gasteiger partial charge in [-0.15, -0.1) is 0 Å². The second kappa shape index (κ2) is 7.50. The average molecular weight is 435 g/mol. The molecule has 0 fully saturated rings. The summed E-state index contributed by atoms with van der Waals surface area (Å²) in [5, 5.41) is 10.4. The van der Waals surface area contributed by atoms with Crippen LogP contribution in [-0.2, 0) is 0 Å². The first-order valence-electron chi connectivity index (χ1n) is 11.6. The minimum absolute atomic E-state index is 1.21. The molecule has 0 saturated carbocycles. The Morgan fingerprint density at radius 3 is 1.15 bits per heavy atom. The molecule has 2 nitrogen and oxygen atoms in total. The molecule has 8 rings (SSSR count). The van der Waals surface area contributed by atoms with Gasteiger partial charge >= 0.3 is 0 Å². The highest BCUT2D eigenvalue weighted by Crippen LogP contribution is 2.32. The molecule has 8 aromatic rings. The van der Waals surface area contributed by atoms with Crippen molar-refractivity contribution >= 4 is 65.2 Å². The molecule has 0 radical (unpaired) electrons. The molecule has 0 aliphatic rings. The Bertz CT molecular complexity index is 1820. The highest BCUT2D eigenvalue weighted by molar-refractivity contribution is 6.17. The summed E-state index contributed by atoms with van der Waals surface area (Å²) in [5.41, 5.74) is 4.89. The number of rotatable bonds is 0. The Morgan fingerprint density at radius 1 is 0.294 bits per heavy atom. The summed E-state index contributed by atoms with van der Waals surface area (Å²) in [6.45, 7) is 0. The van der Waals surface area contributed by atoms with E-state index in [0.29, 0.717) is 0 Å². The third-order valence-corrected chi connectivity index (χ3v) is 6.81. The SMILES string of the molecule is c1ccc2c(c1)ccc1c3ccccc3[nH]c21.c1ccc2c(c1)ccc1c3ccccc3[nH]c21. The summed E-state index contributed by atoms with van der Waals surface area (Å²) in [6.07, 6.45) is 0. The number of benzene rings is 6. The molecule has 0 spiro atoms. The molecular formula is C32H22N2. The molecule has 0 atom stereocenters. The predicted octanol–water partition coefficient (Wildman–Crippen LogP) is 8.95. The molecule has 0 unspecified atom stereocenters. The van der Waals surface area contributed by atoms with Crippen LogP contribution in [0.2, 0.25) is 0 Å². The van der Waals surface area contributed by atoms with E-state index in [1.54, 1.807) is 0 Å². The molecule has 2 heterocycles. The molecular weight excluding hydrogens is 412 g/mol. The van der Waals surface area contributed by atoms with Crippen LogP contribution in [0.1, 0.15) is 0 Å². The number of para-hydroxylation sites is 2. The van der Waals surface area contributed by atoms with E-state index in [4.69, 9.17) is 0 Å². The van der Waals surface area contributed by atoms with E-state index in [1.807, 2.05) is 0 Å². The maximum Gasteiger partial charge on any atom is 0.0544 e. The van der Waals surface area contributed by atoms with Gasteiger partial charge in [-0.3, -0.25) is 0 Å². The van der Waals surface area contributed by atoms with Crippen LogP contribution in [0, 0.1) is 0 Å². The Labute approximate surface area is 196 Å². The van der Waals surface area contributed by atoms with Gasteiger partial charge in [0.05, 0.1) is 11.0 Å². The van der Waals surface area contributed by atoms with Crippen molar-refractivity contribution in [3.63, 3.8) is 0 Å². The van der Waals surface area contributed by atoms with Crippen LogP contribution in [0.5, 0.6) is 0 Å². The predicted molar refractivity (Wildman–Crippen MR) is 147 cm³/mol. The molecule has 6 aromatic carbocycles. The van der Waals surface area contributed by atoms with Gasteiger partial charge in [-0.25, -0.2) is 0 Å². The molecule has 0 amide bonds. The van der Waals surface area contributed by atoms with E-state index in [0.717, 1.165) is 0 Å². The molecule has 160 valence electrons. The van der Waals surface area contributed by atoms with E-state index in [1.165, 1.54) is 65.2 Å². The minimum atomic E-state index is 1.21. The van der Waals surface area contributed by atoms with Gasteiger partial charge in [-0.2, -0.15) is 0 Å². The Balaban J connectivity index is 0.000000118. The summed E-state index contributed by atoms with van der Waals surface area (Å²) >= 11 is 0. The highest BCUT2D eigenvalue weighted by atomic mass is 14.7. The van der Waals surface area contributed by atoms with E-state index in [2.05, 4.69) is 131 Å². The molecule has 0 bridgehead atoms. The van der Waals surface area contributed by atoms with Gasteiger partial charge in [0.1, 0.15) is 0 Å². The smallest absolute Gasteiger partial charge is 0.0544 e. The van der Waals surface area contributed by atoms with Gasteiger partial charge in [0, 0.05) is 43.4 Å². The maximum absolute atomic E-state index is 3.52. The fourth-order valence-electron chi connectivity index (χ4n) is 5.18. The van der Waals surface area contributed by atoms with Crippen LogP contribution in [0.4, 0.5) is 0 Å². The summed E-state index contributed by atoms with van der Waals surface area (Å²) < 4.78 is 0. The lowest BCUT2D eigenvalue weighted by Crippen LogP contribution is -1.74. The van der Waals surface area contributed by atoms with Gasteiger partial charge < -0.3 is 9.97 Å². The van der Waals surface area contributed by atoms with Crippen LogP contribution in [0.25, 0.3) is 65.2 Å². The van der Waals surface area contributed by atoms with Crippen molar-refractivity contribution in [3.05, 3.63) is 121 Å². The Hall–Kier alpha value is -4.56. The van der Waals surface area contributed by atoms with Crippen molar-refractivity contribution in [2.75, 3.05) is 0 Å². The number of hydrogen-bond donors (Lipinski definition) is 2. The largest absolute Gasteiger partial charge is 0.354 e. The standard InChI is InChI=1S/2C16H11N/c2*1-2-6-12-11(5-1)9-10-14-13-7-3-4-8-15(13)17-16(12)14/h2*1-10,17H. The normalized spacial score (nSPS) is 11.5. The van der Waals surface area contributed by atoms with Gasteiger partial charge in [-0.1, -0.05) is 109 Å². The summed E-state index contributed by atoms with van der Waals surface area (Å²) in [7, 11) is 0. The minimum Gasteiger partial charge on any atom is -0.354 e. The van der Waals surface area contributed by atoms with Crippen LogP contribution in [-0.4, -0.2) is 9.97 Å². The van der Waals surface area contributed by atoms with Crippen molar-refractivity contribution in [1.29, 1.82) is 0 Å². The average Bonchev–Trinajstić information content (AvgIpc) is 3.48. The Kier molecular flexibility index (Phi) is 4.18. The van der Waals surface area contributed by atoms with E-state index < -0.39 is 0 Å². The lowest BCUT2D eigenvalue weighted by Gasteiger charge is -1.98. The second-order valence-corrected chi connectivity index (χ2v) is 8.76. The van der Waals surface area contributed by atoms with Crippen LogP contribution in [0.15, 0.2) is 121 Å². The highest BCUT2D eigenvalue weighted by Gasteiger charge is 2.07. The molecule has 34 heavy (non-hydrogen) atoms. The van der Waals surface area contributed by atoms with Crippen LogP contribution in [0.3, 0.4) is 0 Å². The Morgan fingerprint density at radius 2 is 0.676 bits per heavy atom. The summed E-state index contributed by atoms with van der Waals surface area (Å²) in [6, 6.07) is 42.7. The lowest BCUT2D eigenvalue weighted by molar-refractivity contribution is 1.56. The summed E-state index contributed by atoms with van der Waals surface area (Å²) in [5.74, 6) is 0. The summed E-state index contributed by atoms with van der Waals surface area (Å²) in [4.78, 5) is 7.04. The first-order chi connectivity index (χ1) is 16.9.